The maximum atomic E-state index is 11.5. The Labute approximate surface area is 127 Å². The van der Waals surface area contributed by atoms with Crippen LogP contribution in [-0.2, 0) is 0 Å². The molecule has 21 heavy (non-hydrogen) atoms. The number of carbonyl (C=O) groups is 1. The monoisotopic (exact) mass is 301 g/mol. The molecule has 0 aliphatic carbocycles. The van der Waals surface area contributed by atoms with Gasteiger partial charge in [0.25, 0.3) is 5.91 Å². The Hall–Kier alpha value is -2.47. The van der Waals surface area contributed by atoms with E-state index in [2.05, 4.69) is 16.9 Å². The molecule has 0 aliphatic heterocycles. The topological polar surface area (TPSA) is 77.2 Å². The van der Waals surface area contributed by atoms with E-state index in [1.54, 1.807) is 36.7 Å². The quantitative estimate of drug-likeness (QED) is 0.655. The summed E-state index contributed by atoms with van der Waals surface area (Å²) in [4.78, 5) is 16.4. The number of thioether (sulfide) groups is 1. The minimum absolute atomic E-state index is 0.263. The first kappa shape index (κ1) is 14.9. The van der Waals surface area contributed by atoms with Crippen molar-refractivity contribution in [1.29, 1.82) is 0 Å². The molecule has 1 aromatic carbocycles. The first-order valence-corrected chi connectivity index (χ1v) is 7.05. The van der Waals surface area contributed by atoms with Crippen LogP contribution >= 0.6 is 11.8 Å². The summed E-state index contributed by atoms with van der Waals surface area (Å²) >= 11 is 1.42. The van der Waals surface area contributed by atoms with E-state index < -0.39 is 0 Å². The molecule has 3 N–H and O–H groups in total. The molecular weight excluding hydrogens is 286 g/mol. The third kappa shape index (κ3) is 3.76. The zero-order valence-corrected chi connectivity index (χ0v) is 12.3. The number of carbonyl (C=O) groups excluding carboxylic acids is 1. The summed E-state index contributed by atoms with van der Waals surface area (Å²) in [5.41, 5.74) is 6.82. The predicted molar refractivity (Wildman–Crippen MR) is 84.6 cm³/mol. The molecule has 0 spiro atoms. The highest BCUT2D eigenvalue weighted by atomic mass is 32.2. The lowest BCUT2D eigenvalue weighted by atomic mass is 10.3. The largest absolute Gasteiger partial charge is 0.457 e. The molecule has 2 aromatic rings. The van der Waals surface area contributed by atoms with Gasteiger partial charge in [0.15, 0.2) is 0 Å². The van der Waals surface area contributed by atoms with Crippen molar-refractivity contribution < 1.29 is 9.53 Å². The van der Waals surface area contributed by atoms with Gasteiger partial charge < -0.3 is 15.8 Å². The summed E-state index contributed by atoms with van der Waals surface area (Å²) < 4.78 is 5.73. The molecule has 0 saturated heterocycles. The van der Waals surface area contributed by atoms with Gasteiger partial charge in [-0.25, -0.2) is 0 Å². The van der Waals surface area contributed by atoms with Crippen LogP contribution in [0.4, 0.5) is 5.69 Å². The van der Waals surface area contributed by atoms with Crippen molar-refractivity contribution in [3.63, 3.8) is 0 Å². The van der Waals surface area contributed by atoms with E-state index in [1.807, 2.05) is 6.07 Å². The number of benzene rings is 1. The van der Waals surface area contributed by atoms with Gasteiger partial charge >= 0.3 is 0 Å². The summed E-state index contributed by atoms with van der Waals surface area (Å²) in [5, 5.41) is 4.22. The number of nitrogens with zero attached hydrogens (tertiary/aromatic N) is 1. The van der Waals surface area contributed by atoms with Crippen LogP contribution in [0.1, 0.15) is 10.5 Å². The van der Waals surface area contributed by atoms with Gasteiger partial charge in [-0.15, -0.1) is 0 Å². The van der Waals surface area contributed by atoms with Crippen molar-refractivity contribution in [3.8, 4) is 11.5 Å². The van der Waals surface area contributed by atoms with Crippen molar-refractivity contribution >= 4 is 23.4 Å². The first-order valence-electron chi connectivity index (χ1n) is 6.17. The maximum absolute atomic E-state index is 11.5. The summed E-state index contributed by atoms with van der Waals surface area (Å²) in [6, 6.07) is 8.62. The lowest BCUT2D eigenvalue weighted by molar-refractivity contribution is 0.0958. The second-order valence-corrected chi connectivity index (χ2v) is 5.05. The molecule has 0 atom stereocenters. The number of hydrogen-bond acceptors (Lipinski definition) is 5. The van der Waals surface area contributed by atoms with Crippen molar-refractivity contribution in [1.82, 2.24) is 10.3 Å². The third-order valence-corrected chi connectivity index (χ3v) is 3.40. The molecule has 0 bridgehead atoms. The van der Waals surface area contributed by atoms with E-state index in [-0.39, 0.29) is 5.91 Å². The molecule has 0 aliphatic rings. The number of ether oxygens (including phenoxy) is 1. The number of nitrogens with one attached hydrogen (secondary N) is 1. The van der Waals surface area contributed by atoms with Gasteiger partial charge in [0.2, 0.25) is 0 Å². The number of pyridine rings is 1. The van der Waals surface area contributed by atoms with Crippen LogP contribution in [0.25, 0.3) is 0 Å². The van der Waals surface area contributed by atoms with Crippen LogP contribution in [-0.4, -0.2) is 17.9 Å². The Balaban J connectivity index is 2.23. The maximum Gasteiger partial charge on any atom is 0.269 e. The molecule has 0 radical (unpaired) electrons. The molecule has 5 nitrogen and oxygen atoms in total. The van der Waals surface area contributed by atoms with E-state index in [0.29, 0.717) is 22.9 Å². The molecule has 6 heteroatoms. The van der Waals surface area contributed by atoms with Crippen LogP contribution in [0.2, 0.25) is 0 Å². The number of aromatic nitrogens is 1. The highest BCUT2D eigenvalue weighted by molar-refractivity contribution is 8.02. The Morgan fingerprint density at radius 3 is 2.86 bits per heavy atom. The van der Waals surface area contributed by atoms with Gasteiger partial charge in [-0.3, -0.25) is 9.78 Å². The summed E-state index contributed by atoms with van der Waals surface area (Å²) in [6.07, 6.45) is 1.52. The number of hydrogen-bond donors (Lipinski definition) is 2. The van der Waals surface area contributed by atoms with E-state index in [9.17, 15) is 4.79 Å². The minimum Gasteiger partial charge on any atom is -0.457 e. The fourth-order valence-corrected chi connectivity index (χ4v) is 2.20. The number of nitrogen functional groups attached to an aromatic ring is 1. The SMILES string of the molecule is C=CSc1cc(Oc2ccnc(C(=O)NC)c2)ccc1N. The van der Waals surface area contributed by atoms with E-state index in [1.165, 1.54) is 18.0 Å². The second-order valence-electron chi connectivity index (χ2n) is 4.04. The normalized spacial score (nSPS) is 9.95. The van der Waals surface area contributed by atoms with Gasteiger partial charge in [-0.05, 0) is 29.7 Å². The highest BCUT2D eigenvalue weighted by Crippen LogP contribution is 2.31. The number of anilines is 1. The van der Waals surface area contributed by atoms with Gasteiger partial charge in [0, 0.05) is 29.9 Å². The molecule has 108 valence electrons. The van der Waals surface area contributed by atoms with E-state index in [0.717, 1.165) is 4.90 Å². The van der Waals surface area contributed by atoms with Crippen LogP contribution in [0.15, 0.2) is 53.4 Å². The first-order chi connectivity index (χ1) is 10.1. The zero-order valence-electron chi connectivity index (χ0n) is 11.5. The molecular formula is C15H15N3O2S. The van der Waals surface area contributed by atoms with Crippen LogP contribution < -0.4 is 15.8 Å². The fraction of sp³-hybridized carbons (Fsp3) is 0.0667. The Kier molecular flexibility index (Phi) is 4.84. The Morgan fingerprint density at radius 1 is 1.38 bits per heavy atom. The average Bonchev–Trinajstić information content (AvgIpc) is 2.50. The molecule has 1 aromatic heterocycles. The smallest absolute Gasteiger partial charge is 0.269 e. The van der Waals surface area contributed by atoms with E-state index in [4.69, 9.17) is 10.5 Å². The van der Waals surface area contributed by atoms with Crippen molar-refractivity contribution in [2.24, 2.45) is 0 Å². The molecule has 1 heterocycles. The minimum atomic E-state index is -0.263. The zero-order chi connectivity index (χ0) is 15.2. The van der Waals surface area contributed by atoms with Crippen molar-refractivity contribution in [2.45, 2.75) is 4.90 Å². The van der Waals surface area contributed by atoms with Gasteiger partial charge in [0.05, 0.1) is 0 Å². The number of amides is 1. The predicted octanol–water partition coefficient (Wildman–Crippen LogP) is 3.05. The van der Waals surface area contributed by atoms with Crippen molar-refractivity contribution in [2.75, 3.05) is 12.8 Å². The molecule has 2 rings (SSSR count). The molecule has 0 unspecified atom stereocenters. The summed E-state index contributed by atoms with van der Waals surface area (Å²) in [5.74, 6) is 0.895. The van der Waals surface area contributed by atoms with Crippen LogP contribution in [0.3, 0.4) is 0 Å². The number of rotatable bonds is 5. The number of nitrogens with two attached hydrogens (primary N) is 1. The van der Waals surface area contributed by atoms with Gasteiger partial charge in [0.1, 0.15) is 17.2 Å². The second kappa shape index (κ2) is 6.81. The Morgan fingerprint density at radius 2 is 2.14 bits per heavy atom. The summed E-state index contributed by atoms with van der Waals surface area (Å²) in [7, 11) is 1.55. The molecule has 0 saturated carbocycles. The highest BCUT2D eigenvalue weighted by Gasteiger charge is 2.07. The van der Waals surface area contributed by atoms with Crippen molar-refractivity contribution in [3.05, 3.63) is 54.2 Å². The fourth-order valence-electron chi connectivity index (χ4n) is 1.63. The van der Waals surface area contributed by atoms with E-state index >= 15 is 0 Å². The standard InChI is InChI=1S/C15H15N3O2S/c1-3-21-14-9-10(4-5-12(14)16)20-11-6-7-18-13(8-11)15(19)17-2/h3-9H,1,16H2,2H3,(H,17,19). The lowest BCUT2D eigenvalue weighted by Gasteiger charge is -2.09. The van der Waals surface area contributed by atoms with Gasteiger partial charge in [-0.1, -0.05) is 18.3 Å². The third-order valence-electron chi connectivity index (χ3n) is 2.62. The van der Waals surface area contributed by atoms with Crippen LogP contribution in [0.5, 0.6) is 11.5 Å². The molecule has 0 fully saturated rings. The molecule has 1 amide bonds. The Bertz CT molecular complexity index is 674. The van der Waals surface area contributed by atoms with Gasteiger partial charge in [-0.2, -0.15) is 0 Å². The van der Waals surface area contributed by atoms with Crippen LogP contribution in [0, 0.1) is 0 Å². The average molecular weight is 301 g/mol. The lowest BCUT2D eigenvalue weighted by Crippen LogP contribution is -2.18. The summed E-state index contributed by atoms with van der Waals surface area (Å²) in [6.45, 7) is 3.67.